The van der Waals surface area contributed by atoms with E-state index in [1.165, 1.54) is 6.07 Å². The van der Waals surface area contributed by atoms with Gasteiger partial charge in [-0.05, 0) is 24.3 Å². The lowest BCUT2D eigenvalue weighted by Gasteiger charge is -2.36. The zero-order valence-corrected chi connectivity index (χ0v) is 17.7. The van der Waals surface area contributed by atoms with Crippen molar-refractivity contribution < 1.29 is 39.5 Å². The van der Waals surface area contributed by atoms with Gasteiger partial charge in [0.15, 0.2) is 9.84 Å². The van der Waals surface area contributed by atoms with E-state index in [2.05, 4.69) is 10.3 Å². The molecule has 1 N–H and O–H groups in total. The van der Waals surface area contributed by atoms with Crippen molar-refractivity contribution in [3.63, 3.8) is 0 Å². The lowest BCUT2D eigenvalue weighted by molar-refractivity contribution is -0.141. The SMILES string of the molecule is O=S(=O)(c1cccc(C(F)(F)F)c1)C1NCCN2CC(Oc3cccc(C(F)(F)F)n3)CC12. The Morgan fingerprint density at radius 3 is 2.45 bits per heavy atom. The van der Waals surface area contributed by atoms with Gasteiger partial charge in [0.1, 0.15) is 17.2 Å². The van der Waals surface area contributed by atoms with Crippen LogP contribution in [0.15, 0.2) is 47.4 Å². The first-order valence-electron chi connectivity index (χ1n) is 9.95. The van der Waals surface area contributed by atoms with Gasteiger partial charge in [-0.25, -0.2) is 13.4 Å². The second kappa shape index (κ2) is 8.44. The van der Waals surface area contributed by atoms with Gasteiger partial charge < -0.3 is 4.74 Å². The van der Waals surface area contributed by atoms with Crippen LogP contribution >= 0.6 is 0 Å². The molecule has 0 spiro atoms. The molecule has 6 nitrogen and oxygen atoms in total. The highest BCUT2D eigenvalue weighted by molar-refractivity contribution is 7.92. The number of piperazine rings is 1. The predicted octanol–water partition coefficient (Wildman–Crippen LogP) is 3.34. The third-order valence-corrected chi connectivity index (χ3v) is 7.69. The number of nitrogens with one attached hydrogen (secondary N) is 1. The number of nitrogens with zero attached hydrogens (tertiary/aromatic N) is 2. The molecule has 1 aromatic carbocycles. The van der Waals surface area contributed by atoms with Crippen LogP contribution in [-0.4, -0.2) is 55.5 Å². The van der Waals surface area contributed by atoms with Crippen LogP contribution in [0.1, 0.15) is 17.7 Å². The number of hydrogen-bond acceptors (Lipinski definition) is 6. The summed E-state index contributed by atoms with van der Waals surface area (Å²) < 4.78 is 110. The van der Waals surface area contributed by atoms with Crippen molar-refractivity contribution in [3.8, 4) is 5.88 Å². The highest BCUT2D eigenvalue weighted by atomic mass is 32.2. The molecular formula is C20H19F6N3O3S. The Hall–Kier alpha value is -2.38. The molecule has 2 aliphatic rings. The van der Waals surface area contributed by atoms with E-state index in [0.29, 0.717) is 12.6 Å². The van der Waals surface area contributed by atoms with Gasteiger partial charge in [0, 0.05) is 38.2 Å². The van der Waals surface area contributed by atoms with Crippen LogP contribution in [0.2, 0.25) is 0 Å². The molecule has 3 heterocycles. The van der Waals surface area contributed by atoms with Gasteiger partial charge in [-0.1, -0.05) is 12.1 Å². The molecule has 180 valence electrons. The lowest BCUT2D eigenvalue weighted by Crippen LogP contribution is -2.58. The van der Waals surface area contributed by atoms with Crippen molar-refractivity contribution in [2.45, 2.75) is 41.2 Å². The molecule has 2 fully saturated rings. The molecular weight excluding hydrogens is 476 g/mol. The Balaban J connectivity index is 1.54. The number of hydrogen-bond donors (Lipinski definition) is 1. The van der Waals surface area contributed by atoms with E-state index in [0.717, 1.165) is 30.3 Å². The predicted molar refractivity (Wildman–Crippen MR) is 104 cm³/mol. The Bertz CT molecular complexity index is 1120. The largest absolute Gasteiger partial charge is 0.473 e. The topological polar surface area (TPSA) is 71.5 Å². The van der Waals surface area contributed by atoms with Crippen molar-refractivity contribution in [1.29, 1.82) is 0 Å². The van der Waals surface area contributed by atoms with Gasteiger partial charge in [-0.2, -0.15) is 26.3 Å². The number of rotatable bonds is 4. The Kier molecular flexibility index (Phi) is 6.08. The van der Waals surface area contributed by atoms with E-state index in [1.807, 2.05) is 4.90 Å². The van der Waals surface area contributed by atoms with Crippen molar-refractivity contribution in [2.75, 3.05) is 19.6 Å². The first-order chi connectivity index (χ1) is 15.4. The summed E-state index contributed by atoms with van der Waals surface area (Å²) in [6.07, 6.45) is -9.82. The van der Waals surface area contributed by atoms with E-state index < -0.39 is 55.9 Å². The minimum atomic E-state index is -4.69. The molecule has 3 unspecified atom stereocenters. The quantitative estimate of drug-likeness (QED) is 0.657. The normalized spacial score (nSPS) is 24.5. The van der Waals surface area contributed by atoms with Crippen molar-refractivity contribution in [3.05, 3.63) is 53.7 Å². The first-order valence-corrected chi connectivity index (χ1v) is 11.5. The standard InChI is InChI=1S/C20H19F6N3O3S/c21-19(22,23)12-3-1-4-14(9-12)33(30,31)18-15-10-13(11-29(15)8-7-27-18)32-17-6-2-5-16(28-17)20(24,25)26/h1-6,9,13,15,18,27H,7-8,10-11H2. The average Bonchev–Trinajstić information content (AvgIpc) is 3.15. The fourth-order valence-electron chi connectivity index (χ4n) is 4.16. The molecule has 0 amide bonds. The van der Waals surface area contributed by atoms with Crippen LogP contribution in [0.4, 0.5) is 26.3 Å². The van der Waals surface area contributed by atoms with Crippen LogP contribution < -0.4 is 10.1 Å². The highest BCUT2D eigenvalue weighted by Crippen LogP contribution is 2.34. The second-order valence-corrected chi connectivity index (χ2v) is 9.91. The number of fused-ring (bicyclic) bond motifs is 1. The molecule has 2 saturated heterocycles. The highest BCUT2D eigenvalue weighted by Gasteiger charge is 2.47. The number of alkyl halides is 6. The smallest absolute Gasteiger partial charge is 0.433 e. The summed E-state index contributed by atoms with van der Waals surface area (Å²) in [6.45, 7) is 0.974. The number of sulfone groups is 1. The van der Waals surface area contributed by atoms with E-state index in [-0.39, 0.29) is 25.4 Å². The van der Waals surface area contributed by atoms with Gasteiger partial charge in [0.25, 0.3) is 0 Å². The molecule has 2 aromatic rings. The Morgan fingerprint density at radius 2 is 1.76 bits per heavy atom. The third kappa shape index (κ3) is 4.94. The minimum Gasteiger partial charge on any atom is -0.473 e. The van der Waals surface area contributed by atoms with Crippen LogP contribution in [0.3, 0.4) is 0 Å². The van der Waals surface area contributed by atoms with Crippen LogP contribution in [-0.2, 0) is 22.2 Å². The fourth-order valence-corrected chi connectivity index (χ4v) is 6.04. The zero-order valence-electron chi connectivity index (χ0n) is 16.9. The van der Waals surface area contributed by atoms with Gasteiger partial charge in [0.05, 0.1) is 10.5 Å². The molecule has 0 aliphatic carbocycles. The maximum absolute atomic E-state index is 13.2. The number of halogens is 6. The molecule has 33 heavy (non-hydrogen) atoms. The van der Waals surface area contributed by atoms with Crippen LogP contribution in [0.25, 0.3) is 0 Å². The molecule has 2 aliphatic heterocycles. The minimum absolute atomic E-state index is 0.147. The molecule has 13 heteroatoms. The lowest BCUT2D eigenvalue weighted by atomic mass is 10.1. The van der Waals surface area contributed by atoms with Crippen LogP contribution in [0, 0.1) is 0 Å². The van der Waals surface area contributed by atoms with E-state index in [1.54, 1.807) is 0 Å². The maximum atomic E-state index is 13.2. The average molecular weight is 495 g/mol. The summed E-state index contributed by atoms with van der Waals surface area (Å²) in [5.41, 5.74) is -2.18. The summed E-state index contributed by atoms with van der Waals surface area (Å²) in [5, 5.41) is 1.67. The molecule has 0 bridgehead atoms. The monoisotopic (exact) mass is 495 g/mol. The number of benzene rings is 1. The first kappa shape index (κ1) is 23.8. The fraction of sp³-hybridized carbons (Fsp3) is 0.450. The van der Waals surface area contributed by atoms with Gasteiger partial charge in [-0.15, -0.1) is 0 Å². The van der Waals surface area contributed by atoms with Crippen molar-refractivity contribution in [2.24, 2.45) is 0 Å². The number of ether oxygens (including phenoxy) is 1. The van der Waals surface area contributed by atoms with Gasteiger partial charge in [0.2, 0.25) is 5.88 Å². The summed E-state index contributed by atoms with van der Waals surface area (Å²) in [4.78, 5) is 4.82. The number of aromatic nitrogens is 1. The van der Waals surface area contributed by atoms with Gasteiger partial charge in [-0.3, -0.25) is 10.2 Å². The van der Waals surface area contributed by atoms with E-state index >= 15 is 0 Å². The summed E-state index contributed by atoms with van der Waals surface area (Å²) in [6, 6.07) is 6.17. The molecule has 1 aromatic heterocycles. The van der Waals surface area contributed by atoms with E-state index in [4.69, 9.17) is 4.74 Å². The second-order valence-electron chi connectivity index (χ2n) is 7.84. The van der Waals surface area contributed by atoms with E-state index in [9.17, 15) is 34.8 Å². The summed E-state index contributed by atoms with van der Waals surface area (Å²) in [5.74, 6) is -0.236. The molecule has 0 saturated carbocycles. The van der Waals surface area contributed by atoms with Crippen molar-refractivity contribution in [1.82, 2.24) is 15.2 Å². The third-order valence-electron chi connectivity index (χ3n) is 5.63. The zero-order chi connectivity index (χ0) is 24.0. The van der Waals surface area contributed by atoms with Gasteiger partial charge >= 0.3 is 12.4 Å². The molecule has 4 rings (SSSR count). The van der Waals surface area contributed by atoms with Crippen molar-refractivity contribution >= 4 is 9.84 Å². The molecule has 3 atom stereocenters. The molecule has 0 radical (unpaired) electrons. The maximum Gasteiger partial charge on any atom is 0.433 e. The number of pyridine rings is 1. The summed E-state index contributed by atoms with van der Waals surface area (Å²) >= 11 is 0. The Morgan fingerprint density at radius 1 is 1.03 bits per heavy atom. The summed E-state index contributed by atoms with van der Waals surface area (Å²) in [7, 11) is -4.19. The Labute approximate surface area is 185 Å². The van der Waals surface area contributed by atoms with Crippen LogP contribution in [0.5, 0.6) is 5.88 Å².